The lowest BCUT2D eigenvalue weighted by atomic mass is 9.79. The molecule has 1 aliphatic heterocycles. The van der Waals surface area contributed by atoms with Crippen molar-refractivity contribution >= 4 is 0 Å². The third kappa shape index (κ3) is 3.46. The number of hydrogen-bond acceptors (Lipinski definition) is 3. The maximum atomic E-state index is 10.6. The molecule has 1 saturated heterocycles. The highest BCUT2D eigenvalue weighted by Gasteiger charge is 2.38. The van der Waals surface area contributed by atoms with Gasteiger partial charge in [0.2, 0.25) is 0 Å². The normalized spacial score (nSPS) is 35.2. The fraction of sp³-hybridized carbons (Fsp3) is 1.00. The summed E-state index contributed by atoms with van der Waals surface area (Å²) in [5, 5.41) is 10.6. The Morgan fingerprint density at radius 3 is 2.67 bits per heavy atom. The second kappa shape index (κ2) is 6.36. The van der Waals surface area contributed by atoms with E-state index in [1.54, 1.807) is 7.11 Å². The van der Waals surface area contributed by atoms with Gasteiger partial charge in [0.1, 0.15) is 0 Å². The average molecular weight is 255 g/mol. The van der Waals surface area contributed by atoms with Crippen LogP contribution in [0, 0.1) is 11.8 Å². The van der Waals surface area contributed by atoms with Crippen LogP contribution < -0.4 is 0 Å². The number of nitrogens with zero attached hydrogens (tertiary/aromatic N) is 1. The van der Waals surface area contributed by atoms with Gasteiger partial charge in [0.25, 0.3) is 0 Å². The molecule has 3 nitrogen and oxygen atoms in total. The minimum atomic E-state index is -0.498. The van der Waals surface area contributed by atoms with E-state index in [9.17, 15) is 5.11 Å². The van der Waals surface area contributed by atoms with Crippen LogP contribution in [0.25, 0.3) is 0 Å². The summed E-state index contributed by atoms with van der Waals surface area (Å²) in [6.45, 7) is 6.22. The highest BCUT2D eigenvalue weighted by molar-refractivity contribution is 4.91. The number of methoxy groups -OCH3 is 1. The van der Waals surface area contributed by atoms with E-state index in [0.717, 1.165) is 31.8 Å². The molecular formula is C15H29NO2. The zero-order chi connectivity index (χ0) is 13.0. The first-order valence-electron chi connectivity index (χ1n) is 7.58. The van der Waals surface area contributed by atoms with Gasteiger partial charge in [0, 0.05) is 33.4 Å². The number of aliphatic hydroxyl groups is 1. The number of piperidine rings is 1. The molecule has 2 aliphatic rings. The van der Waals surface area contributed by atoms with Crippen LogP contribution in [-0.2, 0) is 4.74 Å². The molecule has 1 heterocycles. The van der Waals surface area contributed by atoms with Crippen LogP contribution >= 0.6 is 0 Å². The highest BCUT2D eigenvalue weighted by atomic mass is 16.5. The Bertz CT molecular complexity index is 253. The van der Waals surface area contributed by atoms with Crippen molar-refractivity contribution in [1.29, 1.82) is 0 Å². The fourth-order valence-electron chi connectivity index (χ4n) is 3.62. The molecule has 1 aliphatic carbocycles. The van der Waals surface area contributed by atoms with Gasteiger partial charge < -0.3 is 14.7 Å². The molecule has 1 N–H and O–H groups in total. The van der Waals surface area contributed by atoms with Crippen LogP contribution in [0.15, 0.2) is 0 Å². The predicted molar refractivity (Wildman–Crippen MR) is 73.6 cm³/mol. The summed E-state index contributed by atoms with van der Waals surface area (Å²) in [6, 6.07) is 0. The molecule has 0 radical (unpaired) electrons. The van der Waals surface area contributed by atoms with Crippen molar-refractivity contribution in [2.45, 2.75) is 51.0 Å². The molecule has 2 fully saturated rings. The largest absolute Gasteiger partial charge is 0.389 e. The molecule has 2 atom stereocenters. The monoisotopic (exact) mass is 255 g/mol. The second-order valence-corrected chi connectivity index (χ2v) is 6.41. The van der Waals surface area contributed by atoms with Crippen LogP contribution in [0.5, 0.6) is 0 Å². The number of ether oxygens (including phenoxy) is 1. The number of hydrogen-bond donors (Lipinski definition) is 1. The predicted octanol–water partition coefficient (Wildman–Crippen LogP) is 2.29. The molecule has 2 rings (SSSR count). The molecule has 106 valence electrons. The average Bonchev–Trinajstić information content (AvgIpc) is 2.85. The van der Waals surface area contributed by atoms with Crippen LogP contribution in [0.3, 0.4) is 0 Å². The van der Waals surface area contributed by atoms with Crippen LogP contribution in [0.2, 0.25) is 0 Å². The summed E-state index contributed by atoms with van der Waals surface area (Å²) in [4.78, 5) is 2.57. The fourth-order valence-corrected chi connectivity index (χ4v) is 3.62. The molecule has 0 unspecified atom stereocenters. The topological polar surface area (TPSA) is 32.7 Å². The molecule has 18 heavy (non-hydrogen) atoms. The molecule has 0 bridgehead atoms. The van der Waals surface area contributed by atoms with Crippen molar-refractivity contribution in [2.75, 3.05) is 33.4 Å². The Morgan fingerprint density at radius 1 is 1.33 bits per heavy atom. The second-order valence-electron chi connectivity index (χ2n) is 6.41. The molecule has 0 aromatic heterocycles. The molecular weight excluding hydrogens is 226 g/mol. The first-order chi connectivity index (χ1) is 8.64. The Hall–Kier alpha value is -0.120. The van der Waals surface area contributed by atoms with E-state index in [1.165, 1.54) is 32.2 Å². The lowest BCUT2D eigenvalue weighted by molar-refractivity contribution is -0.0830. The van der Waals surface area contributed by atoms with E-state index in [4.69, 9.17) is 4.74 Å². The van der Waals surface area contributed by atoms with Gasteiger partial charge in [-0.1, -0.05) is 19.8 Å². The molecule has 3 heteroatoms. The first kappa shape index (κ1) is 14.3. The third-order valence-corrected chi connectivity index (χ3v) is 5.04. The van der Waals surface area contributed by atoms with Gasteiger partial charge in [0.05, 0.1) is 5.60 Å². The molecule has 1 saturated carbocycles. The lowest BCUT2D eigenvalue weighted by Crippen LogP contribution is -2.52. The standard InChI is InChI=1S/C15H29NO2/c1-13-11-16(12-14-5-3-4-6-14)9-7-15(13,17)8-10-18-2/h13-14,17H,3-12H2,1-2H3/t13-,15-/m1/s1. The SMILES string of the molecule is COCC[C@]1(O)CCN(CC2CCCC2)C[C@H]1C. The van der Waals surface area contributed by atoms with E-state index in [-0.39, 0.29) is 0 Å². The Morgan fingerprint density at radius 2 is 2.06 bits per heavy atom. The number of likely N-dealkylation sites (tertiary alicyclic amines) is 1. The zero-order valence-corrected chi connectivity index (χ0v) is 12.0. The molecule has 0 amide bonds. The first-order valence-corrected chi connectivity index (χ1v) is 7.58. The lowest BCUT2D eigenvalue weighted by Gasteiger charge is -2.44. The minimum Gasteiger partial charge on any atom is -0.389 e. The van der Waals surface area contributed by atoms with E-state index < -0.39 is 5.60 Å². The smallest absolute Gasteiger partial charge is 0.0719 e. The van der Waals surface area contributed by atoms with Gasteiger partial charge in [-0.05, 0) is 37.5 Å². The van der Waals surface area contributed by atoms with E-state index in [1.807, 2.05) is 0 Å². The minimum absolute atomic E-state index is 0.364. The van der Waals surface area contributed by atoms with Crippen molar-refractivity contribution < 1.29 is 9.84 Å². The highest BCUT2D eigenvalue weighted by Crippen LogP contribution is 2.33. The summed E-state index contributed by atoms with van der Waals surface area (Å²) in [5.74, 6) is 1.28. The summed E-state index contributed by atoms with van der Waals surface area (Å²) in [5.41, 5.74) is -0.498. The zero-order valence-electron chi connectivity index (χ0n) is 12.0. The van der Waals surface area contributed by atoms with Crippen molar-refractivity contribution in [3.05, 3.63) is 0 Å². The van der Waals surface area contributed by atoms with Gasteiger partial charge in [-0.2, -0.15) is 0 Å². The van der Waals surface area contributed by atoms with Crippen molar-refractivity contribution in [1.82, 2.24) is 4.90 Å². The summed E-state index contributed by atoms with van der Waals surface area (Å²) >= 11 is 0. The quantitative estimate of drug-likeness (QED) is 0.818. The van der Waals surface area contributed by atoms with Crippen molar-refractivity contribution in [3.8, 4) is 0 Å². The van der Waals surface area contributed by atoms with E-state index in [0.29, 0.717) is 12.5 Å². The maximum absolute atomic E-state index is 10.6. The third-order valence-electron chi connectivity index (χ3n) is 5.04. The van der Waals surface area contributed by atoms with Crippen LogP contribution in [-0.4, -0.2) is 49.0 Å². The van der Waals surface area contributed by atoms with Crippen molar-refractivity contribution in [2.24, 2.45) is 11.8 Å². The Labute approximate surface area is 112 Å². The Balaban J connectivity index is 1.79. The number of rotatable bonds is 5. The van der Waals surface area contributed by atoms with Gasteiger partial charge in [-0.15, -0.1) is 0 Å². The molecule has 0 aromatic rings. The summed E-state index contributed by atoms with van der Waals surface area (Å²) in [7, 11) is 1.71. The van der Waals surface area contributed by atoms with E-state index in [2.05, 4.69) is 11.8 Å². The maximum Gasteiger partial charge on any atom is 0.0719 e. The van der Waals surface area contributed by atoms with Gasteiger partial charge in [-0.3, -0.25) is 0 Å². The van der Waals surface area contributed by atoms with Crippen LogP contribution in [0.4, 0.5) is 0 Å². The van der Waals surface area contributed by atoms with Gasteiger partial charge >= 0.3 is 0 Å². The Kier molecular flexibility index (Phi) is 5.05. The van der Waals surface area contributed by atoms with Crippen molar-refractivity contribution in [3.63, 3.8) is 0 Å². The van der Waals surface area contributed by atoms with Gasteiger partial charge in [0.15, 0.2) is 0 Å². The van der Waals surface area contributed by atoms with E-state index >= 15 is 0 Å². The van der Waals surface area contributed by atoms with Crippen LogP contribution in [0.1, 0.15) is 45.4 Å². The summed E-state index contributed by atoms with van der Waals surface area (Å²) in [6.07, 6.45) is 7.36. The van der Waals surface area contributed by atoms with Gasteiger partial charge in [-0.25, -0.2) is 0 Å². The molecule has 0 spiro atoms. The summed E-state index contributed by atoms with van der Waals surface area (Å²) < 4.78 is 5.12. The molecule has 0 aromatic carbocycles.